The van der Waals surface area contributed by atoms with E-state index in [-0.39, 0.29) is 31.0 Å². The van der Waals surface area contributed by atoms with Crippen LogP contribution in [0.2, 0.25) is 0 Å². The Morgan fingerprint density at radius 3 is 2.64 bits per heavy atom. The van der Waals surface area contributed by atoms with Crippen LogP contribution < -0.4 is 5.32 Å². The van der Waals surface area contributed by atoms with Crippen LogP contribution in [-0.4, -0.2) is 54.1 Å². The van der Waals surface area contributed by atoms with Crippen LogP contribution in [0.15, 0.2) is 30.3 Å². The lowest BCUT2D eigenvalue weighted by atomic mass is 10.0. The van der Waals surface area contributed by atoms with Gasteiger partial charge in [0.2, 0.25) is 0 Å². The maximum Gasteiger partial charge on any atom is 0.407 e. The summed E-state index contributed by atoms with van der Waals surface area (Å²) in [6.45, 7) is 4.05. The van der Waals surface area contributed by atoms with Gasteiger partial charge in [-0.2, -0.15) is 0 Å². The first-order valence-electron chi connectivity index (χ1n) is 9.49. The molecule has 0 aromatic heterocycles. The van der Waals surface area contributed by atoms with Crippen LogP contribution in [-0.2, 0) is 30.3 Å². The van der Waals surface area contributed by atoms with Crippen LogP contribution >= 0.6 is 22.6 Å². The molecule has 8 heteroatoms. The van der Waals surface area contributed by atoms with Gasteiger partial charge in [-0.05, 0) is 32.3 Å². The molecule has 0 aliphatic carbocycles. The van der Waals surface area contributed by atoms with E-state index in [1.807, 2.05) is 44.2 Å². The molecule has 2 aliphatic heterocycles. The smallest absolute Gasteiger partial charge is 0.407 e. The molecule has 2 heterocycles. The van der Waals surface area contributed by atoms with Gasteiger partial charge < -0.3 is 29.0 Å². The van der Waals surface area contributed by atoms with Crippen molar-refractivity contribution < 1.29 is 28.5 Å². The van der Waals surface area contributed by atoms with Crippen molar-refractivity contribution in [1.82, 2.24) is 5.32 Å². The number of alkyl carbamates (subject to hydrolysis) is 1. The van der Waals surface area contributed by atoms with Gasteiger partial charge in [-0.1, -0.05) is 52.9 Å². The minimum atomic E-state index is -0.643. The molecule has 7 nitrogen and oxygen atoms in total. The number of nitrogens with one attached hydrogen (secondary N) is 1. The number of carbonyl (C=O) groups excluding carboxylic acids is 1. The van der Waals surface area contributed by atoms with Gasteiger partial charge in [0.05, 0.1) is 6.10 Å². The largest absolute Gasteiger partial charge is 0.445 e. The van der Waals surface area contributed by atoms with E-state index in [0.717, 1.165) is 22.8 Å². The number of hydrogen-bond acceptors (Lipinski definition) is 6. The molecule has 0 spiro atoms. The first kappa shape index (κ1) is 21.8. The Kier molecular flexibility index (Phi) is 7.54. The summed E-state index contributed by atoms with van der Waals surface area (Å²) in [5.41, 5.74) is 0.959. The van der Waals surface area contributed by atoms with E-state index in [4.69, 9.17) is 23.7 Å². The zero-order valence-corrected chi connectivity index (χ0v) is 18.6. The molecule has 28 heavy (non-hydrogen) atoms. The fourth-order valence-corrected chi connectivity index (χ4v) is 4.21. The molecule has 0 radical (unpaired) electrons. The minimum Gasteiger partial charge on any atom is -0.445 e. The summed E-state index contributed by atoms with van der Waals surface area (Å²) in [5, 5.41) is 2.93. The van der Waals surface area contributed by atoms with Crippen LogP contribution in [0.5, 0.6) is 0 Å². The third-order valence-corrected chi connectivity index (χ3v) is 5.92. The highest BCUT2D eigenvalue weighted by molar-refractivity contribution is 14.1. The number of methoxy groups -OCH3 is 1. The zero-order chi connectivity index (χ0) is 20.1. The van der Waals surface area contributed by atoms with Crippen molar-refractivity contribution in [2.45, 2.75) is 69.7 Å². The Bertz CT molecular complexity index is 643. The molecule has 1 unspecified atom stereocenters. The molecule has 2 saturated heterocycles. The van der Waals surface area contributed by atoms with Crippen LogP contribution in [0.3, 0.4) is 0 Å². The number of fused-ring (bicyclic) bond motifs is 1. The fourth-order valence-electron chi connectivity index (χ4n) is 3.55. The zero-order valence-electron chi connectivity index (χ0n) is 16.4. The Morgan fingerprint density at radius 2 is 1.96 bits per heavy atom. The van der Waals surface area contributed by atoms with Crippen molar-refractivity contribution in [3.05, 3.63) is 35.9 Å². The first-order valence-corrected chi connectivity index (χ1v) is 11.0. The summed E-state index contributed by atoms with van der Waals surface area (Å²) in [5.74, 6) is -0.643. The molecule has 1 aromatic carbocycles. The number of hydrogen-bond donors (Lipinski definition) is 1. The summed E-state index contributed by atoms with van der Waals surface area (Å²) in [4.78, 5) is 12.1. The SMILES string of the molecule is CO[C@@H]1O[C@H](CCC(CI)NC(=O)OCc2ccccc2)[C@H]2OC(C)(C)O[C@@H]12. The van der Waals surface area contributed by atoms with E-state index < -0.39 is 18.2 Å². The molecule has 3 rings (SSSR count). The number of carbonyl (C=O) groups is 1. The van der Waals surface area contributed by atoms with Gasteiger partial charge in [0.25, 0.3) is 0 Å². The van der Waals surface area contributed by atoms with Gasteiger partial charge in [0, 0.05) is 17.6 Å². The molecule has 1 aromatic rings. The maximum absolute atomic E-state index is 12.1. The highest BCUT2D eigenvalue weighted by Gasteiger charge is 2.55. The lowest BCUT2D eigenvalue weighted by Gasteiger charge is -2.24. The van der Waals surface area contributed by atoms with Gasteiger partial charge >= 0.3 is 6.09 Å². The highest BCUT2D eigenvalue weighted by Crippen LogP contribution is 2.40. The Morgan fingerprint density at radius 1 is 1.25 bits per heavy atom. The number of amides is 1. The van der Waals surface area contributed by atoms with Crippen molar-refractivity contribution in [3.63, 3.8) is 0 Å². The second-order valence-corrected chi connectivity index (χ2v) is 8.36. The van der Waals surface area contributed by atoms with Crippen molar-refractivity contribution in [3.8, 4) is 0 Å². The fraction of sp³-hybridized carbons (Fsp3) is 0.650. The standard InChI is InChI=1S/C20H28INO6/c1-20(2)27-16-15(26-18(24-3)17(16)28-20)10-9-14(11-21)22-19(23)25-12-13-7-5-4-6-8-13/h4-8,14-18H,9-12H2,1-3H3,(H,22,23)/t14?,15-,16-,17-,18-/m1/s1. The molecule has 0 saturated carbocycles. The highest BCUT2D eigenvalue weighted by atomic mass is 127. The lowest BCUT2D eigenvalue weighted by molar-refractivity contribution is -0.227. The van der Waals surface area contributed by atoms with Crippen LogP contribution in [0.4, 0.5) is 4.79 Å². The first-order chi connectivity index (χ1) is 13.4. The third-order valence-electron chi connectivity index (χ3n) is 4.86. The predicted molar refractivity (Wildman–Crippen MR) is 111 cm³/mol. The third kappa shape index (κ3) is 5.56. The molecule has 2 aliphatic rings. The van der Waals surface area contributed by atoms with Crippen molar-refractivity contribution >= 4 is 28.7 Å². The van der Waals surface area contributed by atoms with E-state index in [2.05, 4.69) is 27.9 Å². The summed E-state index contributed by atoms with van der Waals surface area (Å²) < 4.78 is 29.4. The summed E-state index contributed by atoms with van der Waals surface area (Å²) in [7, 11) is 1.61. The van der Waals surface area contributed by atoms with E-state index >= 15 is 0 Å². The van der Waals surface area contributed by atoms with Crippen molar-refractivity contribution in [1.29, 1.82) is 0 Å². The lowest BCUT2D eigenvalue weighted by Crippen LogP contribution is -2.38. The van der Waals surface area contributed by atoms with Gasteiger partial charge in [-0.3, -0.25) is 0 Å². The second-order valence-electron chi connectivity index (χ2n) is 7.48. The summed E-state index contributed by atoms with van der Waals surface area (Å²) >= 11 is 2.27. The Hall–Kier alpha value is -0.940. The van der Waals surface area contributed by atoms with Crippen LogP contribution in [0.1, 0.15) is 32.3 Å². The number of halogens is 1. The number of benzene rings is 1. The molecular weight excluding hydrogens is 477 g/mol. The average Bonchev–Trinajstić information content (AvgIpc) is 3.17. The molecule has 5 atom stereocenters. The number of rotatable bonds is 8. The van der Waals surface area contributed by atoms with Crippen molar-refractivity contribution in [2.75, 3.05) is 11.5 Å². The minimum absolute atomic E-state index is 0.0113. The quantitative estimate of drug-likeness (QED) is 0.432. The van der Waals surface area contributed by atoms with Gasteiger partial charge in [0.15, 0.2) is 12.1 Å². The van der Waals surface area contributed by atoms with E-state index in [1.54, 1.807) is 7.11 Å². The number of alkyl halides is 1. The molecule has 156 valence electrons. The van der Waals surface area contributed by atoms with Crippen molar-refractivity contribution in [2.24, 2.45) is 0 Å². The number of ether oxygens (including phenoxy) is 5. The maximum atomic E-state index is 12.1. The Balaban J connectivity index is 1.46. The monoisotopic (exact) mass is 505 g/mol. The molecule has 0 bridgehead atoms. The van der Waals surface area contributed by atoms with Crippen LogP contribution in [0, 0.1) is 0 Å². The van der Waals surface area contributed by atoms with Crippen LogP contribution in [0.25, 0.3) is 0 Å². The topological polar surface area (TPSA) is 75.3 Å². The van der Waals surface area contributed by atoms with Gasteiger partial charge in [-0.25, -0.2) is 4.79 Å². The van der Waals surface area contributed by atoms with Gasteiger partial charge in [0.1, 0.15) is 18.8 Å². The molecular formula is C20H28INO6. The Labute approximate surface area is 179 Å². The molecule has 2 fully saturated rings. The van der Waals surface area contributed by atoms with Gasteiger partial charge in [-0.15, -0.1) is 0 Å². The normalized spacial score (nSPS) is 29.3. The predicted octanol–water partition coefficient (Wildman–Crippen LogP) is 3.39. The molecule has 1 amide bonds. The second kappa shape index (κ2) is 9.71. The molecule has 1 N–H and O–H groups in total. The summed E-state index contributed by atoms with van der Waals surface area (Å²) in [6, 6.07) is 9.61. The van der Waals surface area contributed by atoms with E-state index in [9.17, 15) is 4.79 Å². The van der Waals surface area contributed by atoms with E-state index in [1.165, 1.54) is 0 Å². The summed E-state index contributed by atoms with van der Waals surface area (Å²) in [6.07, 6.45) is 0.103. The average molecular weight is 505 g/mol. The van der Waals surface area contributed by atoms with E-state index in [0.29, 0.717) is 0 Å².